The van der Waals surface area contributed by atoms with Gasteiger partial charge in [0.2, 0.25) is 0 Å². The van der Waals surface area contributed by atoms with E-state index in [9.17, 15) is 0 Å². The summed E-state index contributed by atoms with van der Waals surface area (Å²) in [5.41, 5.74) is 1.38. The van der Waals surface area contributed by atoms with Crippen LogP contribution in [0.2, 0.25) is 0 Å². The van der Waals surface area contributed by atoms with Crippen molar-refractivity contribution in [2.24, 2.45) is 0 Å². The number of halogens is 2. The van der Waals surface area contributed by atoms with E-state index in [1.54, 1.807) is 0 Å². The van der Waals surface area contributed by atoms with Gasteiger partial charge in [-0.2, -0.15) is 0 Å². The summed E-state index contributed by atoms with van der Waals surface area (Å²) in [6, 6.07) is 9.11. The molecule has 1 aliphatic rings. The first-order valence-electron chi connectivity index (χ1n) is 5.45. The molecule has 0 radical (unpaired) electrons. The molecule has 0 spiro atoms. The molecule has 4 heteroatoms. The highest BCUT2D eigenvalue weighted by Crippen LogP contribution is 2.19. The molecule has 2 nitrogen and oxygen atoms in total. The zero-order valence-electron chi connectivity index (χ0n) is 9.45. The fraction of sp³-hybridized carbons (Fsp3) is 0.500. The van der Waals surface area contributed by atoms with Crippen LogP contribution in [0.25, 0.3) is 0 Å². The second-order valence-corrected chi connectivity index (χ2v) is 4.97. The minimum Gasteiger partial charge on any atom is -0.314 e. The van der Waals surface area contributed by atoms with Gasteiger partial charge in [-0.05, 0) is 18.6 Å². The molecule has 1 aromatic rings. The number of benzene rings is 1. The van der Waals surface area contributed by atoms with Crippen molar-refractivity contribution in [1.29, 1.82) is 0 Å². The molecular formula is C12H18BrClN2. The molecular weight excluding hydrogens is 288 g/mol. The zero-order chi connectivity index (χ0) is 10.7. The van der Waals surface area contributed by atoms with E-state index in [1.807, 2.05) is 0 Å². The molecule has 1 aliphatic heterocycles. The highest BCUT2D eigenvalue weighted by Gasteiger charge is 2.18. The molecule has 0 aliphatic carbocycles. The van der Waals surface area contributed by atoms with Gasteiger partial charge < -0.3 is 5.32 Å². The van der Waals surface area contributed by atoms with E-state index in [0.717, 1.165) is 26.2 Å². The molecule has 0 unspecified atom stereocenters. The lowest BCUT2D eigenvalue weighted by Gasteiger charge is -2.34. The van der Waals surface area contributed by atoms with Crippen LogP contribution in [0.1, 0.15) is 12.5 Å². The molecule has 16 heavy (non-hydrogen) atoms. The smallest absolute Gasteiger partial charge is 0.0248 e. The summed E-state index contributed by atoms with van der Waals surface area (Å²) in [5, 5.41) is 3.41. The lowest BCUT2D eigenvalue weighted by molar-refractivity contribution is 0.165. The molecule has 1 fully saturated rings. The number of nitrogens with zero attached hydrogens (tertiary/aromatic N) is 1. The van der Waals surface area contributed by atoms with Gasteiger partial charge in [0.25, 0.3) is 0 Å². The van der Waals surface area contributed by atoms with Gasteiger partial charge in [0, 0.05) is 36.7 Å². The number of piperazine rings is 1. The van der Waals surface area contributed by atoms with Crippen LogP contribution >= 0.6 is 28.3 Å². The Bertz CT molecular complexity index is 333. The van der Waals surface area contributed by atoms with Crippen molar-refractivity contribution in [2.45, 2.75) is 19.5 Å². The van der Waals surface area contributed by atoms with Crippen LogP contribution in [-0.4, -0.2) is 30.6 Å². The third-order valence-electron chi connectivity index (χ3n) is 2.97. The van der Waals surface area contributed by atoms with Gasteiger partial charge in [0.15, 0.2) is 0 Å². The molecule has 1 N–H and O–H groups in total. The second kappa shape index (κ2) is 6.60. The molecule has 1 saturated heterocycles. The number of nitrogens with one attached hydrogen (secondary N) is 1. The Morgan fingerprint density at radius 2 is 2.19 bits per heavy atom. The van der Waals surface area contributed by atoms with Crippen molar-refractivity contribution in [3.05, 3.63) is 34.3 Å². The first-order valence-corrected chi connectivity index (χ1v) is 6.25. The van der Waals surface area contributed by atoms with Crippen molar-refractivity contribution < 1.29 is 0 Å². The zero-order valence-corrected chi connectivity index (χ0v) is 11.9. The fourth-order valence-corrected chi connectivity index (χ4v) is 2.37. The number of rotatable bonds is 2. The minimum absolute atomic E-state index is 0. The highest BCUT2D eigenvalue weighted by atomic mass is 79.9. The average Bonchev–Trinajstić information content (AvgIpc) is 2.24. The van der Waals surface area contributed by atoms with Crippen molar-refractivity contribution in [1.82, 2.24) is 10.2 Å². The van der Waals surface area contributed by atoms with Gasteiger partial charge in [0.05, 0.1) is 0 Å². The Balaban J connectivity index is 0.00000128. The summed E-state index contributed by atoms with van der Waals surface area (Å²) in [6.45, 7) is 6.68. The first kappa shape index (κ1) is 14.0. The summed E-state index contributed by atoms with van der Waals surface area (Å²) in [7, 11) is 0. The lowest BCUT2D eigenvalue weighted by Crippen LogP contribution is -2.49. The molecule has 0 saturated carbocycles. The van der Waals surface area contributed by atoms with Gasteiger partial charge in [0.1, 0.15) is 0 Å². The summed E-state index contributed by atoms with van der Waals surface area (Å²) in [6.07, 6.45) is 0. The third-order valence-corrected chi connectivity index (χ3v) is 3.74. The van der Waals surface area contributed by atoms with Gasteiger partial charge in [-0.1, -0.05) is 34.1 Å². The van der Waals surface area contributed by atoms with E-state index in [1.165, 1.54) is 10.0 Å². The highest BCUT2D eigenvalue weighted by molar-refractivity contribution is 9.10. The predicted octanol–water partition coefficient (Wildman–Crippen LogP) is 2.66. The summed E-state index contributed by atoms with van der Waals surface area (Å²) >= 11 is 3.60. The van der Waals surface area contributed by atoms with Crippen molar-refractivity contribution >= 4 is 28.3 Å². The van der Waals surface area contributed by atoms with Crippen LogP contribution in [0.5, 0.6) is 0 Å². The van der Waals surface area contributed by atoms with Gasteiger partial charge >= 0.3 is 0 Å². The molecule has 1 atom stereocenters. The van der Waals surface area contributed by atoms with Crippen molar-refractivity contribution in [3.63, 3.8) is 0 Å². The molecule has 0 bridgehead atoms. The Kier molecular flexibility index (Phi) is 5.76. The summed E-state index contributed by atoms with van der Waals surface area (Å²) < 4.78 is 1.22. The number of hydrogen-bond acceptors (Lipinski definition) is 2. The fourth-order valence-electron chi connectivity index (χ4n) is 1.96. The maximum absolute atomic E-state index is 3.60. The second-order valence-electron chi connectivity index (χ2n) is 4.12. The number of hydrogen-bond donors (Lipinski definition) is 1. The average molecular weight is 306 g/mol. The van der Waals surface area contributed by atoms with Crippen molar-refractivity contribution in [2.75, 3.05) is 19.6 Å². The standard InChI is InChI=1S/C12H17BrN2.ClH/c1-10-8-14-6-7-15(10)9-11-4-2-3-5-12(11)13;/h2-5,10,14H,6-9H2,1H3;1H/t10-;/m1./s1. The topological polar surface area (TPSA) is 15.3 Å². The molecule has 1 heterocycles. The third kappa shape index (κ3) is 3.45. The van der Waals surface area contributed by atoms with Gasteiger partial charge in [-0.25, -0.2) is 0 Å². The van der Waals surface area contributed by atoms with E-state index in [4.69, 9.17) is 0 Å². The Morgan fingerprint density at radius 3 is 2.88 bits per heavy atom. The van der Waals surface area contributed by atoms with E-state index in [0.29, 0.717) is 6.04 Å². The molecule has 2 rings (SSSR count). The SMILES string of the molecule is C[C@@H]1CNCCN1Cc1ccccc1Br.Cl. The van der Waals surface area contributed by atoms with E-state index < -0.39 is 0 Å². The van der Waals surface area contributed by atoms with E-state index >= 15 is 0 Å². The Morgan fingerprint density at radius 1 is 1.44 bits per heavy atom. The maximum Gasteiger partial charge on any atom is 0.0248 e. The maximum atomic E-state index is 3.60. The van der Waals surface area contributed by atoms with Crippen LogP contribution in [0.4, 0.5) is 0 Å². The normalized spacial score (nSPS) is 21.5. The van der Waals surface area contributed by atoms with E-state index in [2.05, 4.69) is 57.3 Å². The van der Waals surface area contributed by atoms with Crippen LogP contribution in [0, 0.1) is 0 Å². The van der Waals surface area contributed by atoms with Crippen LogP contribution in [-0.2, 0) is 6.54 Å². The van der Waals surface area contributed by atoms with Crippen LogP contribution < -0.4 is 5.32 Å². The lowest BCUT2D eigenvalue weighted by atomic mass is 10.1. The van der Waals surface area contributed by atoms with Gasteiger partial charge in [-0.15, -0.1) is 12.4 Å². The largest absolute Gasteiger partial charge is 0.314 e. The first-order chi connectivity index (χ1) is 7.27. The summed E-state index contributed by atoms with van der Waals surface area (Å²) in [5.74, 6) is 0. The van der Waals surface area contributed by atoms with Crippen LogP contribution in [0.3, 0.4) is 0 Å². The minimum atomic E-state index is 0. The Labute approximate surface area is 112 Å². The van der Waals surface area contributed by atoms with Crippen molar-refractivity contribution in [3.8, 4) is 0 Å². The monoisotopic (exact) mass is 304 g/mol. The van der Waals surface area contributed by atoms with E-state index in [-0.39, 0.29) is 12.4 Å². The quantitative estimate of drug-likeness (QED) is 0.904. The molecule has 90 valence electrons. The molecule has 1 aromatic carbocycles. The van der Waals surface area contributed by atoms with Crippen LogP contribution in [0.15, 0.2) is 28.7 Å². The Hall–Kier alpha value is -0.0900. The predicted molar refractivity (Wildman–Crippen MR) is 74.1 cm³/mol. The summed E-state index contributed by atoms with van der Waals surface area (Å²) in [4.78, 5) is 2.52. The van der Waals surface area contributed by atoms with Gasteiger partial charge in [-0.3, -0.25) is 4.90 Å². The molecule has 0 amide bonds. The molecule has 0 aromatic heterocycles.